The van der Waals surface area contributed by atoms with Crippen LogP contribution < -0.4 is 10.6 Å². The van der Waals surface area contributed by atoms with Crippen molar-refractivity contribution >= 4 is 21.7 Å². The summed E-state index contributed by atoms with van der Waals surface area (Å²) in [4.78, 5) is 22.9. The predicted molar refractivity (Wildman–Crippen MR) is 69.5 cm³/mol. The van der Waals surface area contributed by atoms with Crippen LogP contribution in [0.4, 0.5) is 0 Å². The molecule has 8 heteroatoms. The van der Waals surface area contributed by atoms with Gasteiger partial charge in [-0.15, -0.1) is 0 Å². The van der Waals surface area contributed by atoms with E-state index < -0.39 is 21.8 Å². The van der Waals surface area contributed by atoms with Crippen molar-refractivity contribution in [3.05, 3.63) is 0 Å². The van der Waals surface area contributed by atoms with Crippen LogP contribution in [-0.4, -0.2) is 56.5 Å². The van der Waals surface area contributed by atoms with Crippen LogP contribution in [0.1, 0.15) is 19.3 Å². The molecule has 1 saturated heterocycles. The molecule has 1 rings (SSSR count). The lowest BCUT2D eigenvalue weighted by atomic mass is 9.98. The first kappa shape index (κ1) is 15.9. The first-order valence-electron chi connectivity index (χ1n) is 6.21. The second kappa shape index (κ2) is 6.85. The average Bonchev–Trinajstić information content (AvgIpc) is 2.33. The topological polar surface area (TPSA) is 113 Å². The summed E-state index contributed by atoms with van der Waals surface area (Å²) in [5, 5.41) is 14.5. The standard InChI is InChI=1S/C11H20N2O5S/c1-19(17,18)6-4-9(11(15)16)13-10(14)8-3-2-5-12-7-8/h8-9,12H,2-7H2,1H3,(H,13,14)(H,15,16)/t8-,9?/m0/s1. The van der Waals surface area contributed by atoms with Gasteiger partial charge in [0.2, 0.25) is 5.91 Å². The van der Waals surface area contributed by atoms with Gasteiger partial charge in [-0.2, -0.15) is 0 Å². The number of carboxylic acid groups (broad SMARTS) is 1. The summed E-state index contributed by atoms with van der Waals surface area (Å²) in [6.07, 6.45) is 2.52. The third-order valence-electron chi connectivity index (χ3n) is 3.06. The van der Waals surface area contributed by atoms with E-state index in [1.165, 1.54) is 0 Å². The Labute approximate surface area is 112 Å². The summed E-state index contributed by atoms with van der Waals surface area (Å²) < 4.78 is 22.1. The minimum Gasteiger partial charge on any atom is -0.480 e. The summed E-state index contributed by atoms with van der Waals surface area (Å²) in [7, 11) is -3.24. The zero-order valence-electron chi connectivity index (χ0n) is 10.9. The highest BCUT2D eigenvalue weighted by atomic mass is 32.2. The van der Waals surface area contributed by atoms with E-state index in [2.05, 4.69) is 10.6 Å². The second-order valence-electron chi connectivity index (χ2n) is 4.86. The Balaban J connectivity index is 2.52. The molecular formula is C11H20N2O5S. The number of rotatable bonds is 6. The molecule has 19 heavy (non-hydrogen) atoms. The lowest BCUT2D eigenvalue weighted by Crippen LogP contribution is -2.47. The number of amides is 1. The van der Waals surface area contributed by atoms with Gasteiger partial charge < -0.3 is 15.7 Å². The summed E-state index contributed by atoms with van der Waals surface area (Å²) >= 11 is 0. The van der Waals surface area contributed by atoms with E-state index in [4.69, 9.17) is 5.11 Å². The van der Waals surface area contributed by atoms with Crippen molar-refractivity contribution in [2.45, 2.75) is 25.3 Å². The van der Waals surface area contributed by atoms with Crippen LogP contribution in [0.3, 0.4) is 0 Å². The van der Waals surface area contributed by atoms with Crippen molar-refractivity contribution in [2.75, 3.05) is 25.1 Å². The molecule has 3 N–H and O–H groups in total. The van der Waals surface area contributed by atoms with E-state index in [0.29, 0.717) is 6.54 Å². The van der Waals surface area contributed by atoms with Crippen LogP contribution in [0.15, 0.2) is 0 Å². The quantitative estimate of drug-likeness (QED) is 0.578. The number of piperidine rings is 1. The Morgan fingerprint density at radius 2 is 2.16 bits per heavy atom. The molecule has 0 aromatic carbocycles. The van der Waals surface area contributed by atoms with Gasteiger partial charge in [0, 0.05) is 12.8 Å². The van der Waals surface area contributed by atoms with Gasteiger partial charge >= 0.3 is 5.97 Å². The number of carboxylic acids is 1. The molecule has 1 amide bonds. The number of carbonyl (C=O) groups is 2. The fourth-order valence-electron chi connectivity index (χ4n) is 1.95. The fourth-order valence-corrected chi connectivity index (χ4v) is 2.62. The van der Waals surface area contributed by atoms with Crippen LogP contribution in [0.5, 0.6) is 0 Å². The number of aliphatic carboxylic acids is 1. The highest BCUT2D eigenvalue weighted by Gasteiger charge is 2.26. The van der Waals surface area contributed by atoms with Gasteiger partial charge in [0.1, 0.15) is 15.9 Å². The molecule has 1 heterocycles. The van der Waals surface area contributed by atoms with E-state index in [-0.39, 0.29) is 24.0 Å². The van der Waals surface area contributed by atoms with Gasteiger partial charge in [0.05, 0.1) is 11.7 Å². The number of sulfone groups is 1. The van der Waals surface area contributed by atoms with Crippen molar-refractivity contribution in [2.24, 2.45) is 5.92 Å². The molecule has 0 radical (unpaired) electrons. The van der Waals surface area contributed by atoms with Gasteiger partial charge in [-0.05, 0) is 25.8 Å². The average molecular weight is 292 g/mol. The third-order valence-corrected chi connectivity index (χ3v) is 4.04. The first-order valence-corrected chi connectivity index (χ1v) is 8.27. The molecule has 1 fully saturated rings. The lowest BCUT2D eigenvalue weighted by molar-refractivity contribution is -0.142. The molecule has 0 aliphatic carbocycles. The highest BCUT2D eigenvalue weighted by Crippen LogP contribution is 2.10. The molecule has 0 bridgehead atoms. The van der Waals surface area contributed by atoms with Crippen molar-refractivity contribution in [1.29, 1.82) is 0 Å². The van der Waals surface area contributed by atoms with Gasteiger partial charge in [0.25, 0.3) is 0 Å². The molecule has 7 nitrogen and oxygen atoms in total. The van der Waals surface area contributed by atoms with Crippen LogP contribution in [0.25, 0.3) is 0 Å². The van der Waals surface area contributed by atoms with Crippen LogP contribution in [0, 0.1) is 5.92 Å². The zero-order valence-corrected chi connectivity index (χ0v) is 11.7. The maximum absolute atomic E-state index is 11.9. The molecular weight excluding hydrogens is 272 g/mol. The van der Waals surface area contributed by atoms with Crippen molar-refractivity contribution < 1.29 is 23.1 Å². The zero-order chi connectivity index (χ0) is 14.5. The second-order valence-corrected chi connectivity index (χ2v) is 7.12. The van der Waals surface area contributed by atoms with E-state index in [0.717, 1.165) is 25.6 Å². The van der Waals surface area contributed by atoms with Crippen molar-refractivity contribution in [1.82, 2.24) is 10.6 Å². The van der Waals surface area contributed by atoms with E-state index >= 15 is 0 Å². The van der Waals surface area contributed by atoms with Crippen LogP contribution in [-0.2, 0) is 19.4 Å². The monoisotopic (exact) mass is 292 g/mol. The number of nitrogens with one attached hydrogen (secondary N) is 2. The number of hydrogen-bond acceptors (Lipinski definition) is 5. The Morgan fingerprint density at radius 1 is 1.47 bits per heavy atom. The molecule has 2 atom stereocenters. The summed E-state index contributed by atoms with van der Waals surface area (Å²) in [6, 6.07) is -1.15. The van der Waals surface area contributed by atoms with Crippen LogP contribution >= 0.6 is 0 Å². The number of carbonyl (C=O) groups excluding carboxylic acids is 1. The lowest BCUT2D eigenvalue weighted by Gasteiger charge is -2.23. The first-order chi connectivity index (χ1) is 8.79. The molecule has 0 aromatic heterocycles. The molecule has 1 unspecified atom stereocenters. The maximum Gasteiger partial charge on any atom is 0.326 e. The van der Waals surface area contributed by atoms with Crippen LogP contribution in [0.2, 0.25) is 0 Å². The molecule has 0 aromatic rings. The van der Waals surface area contributed by atoms with Gasteiger partial charge in [-0.25, -0.2) is 13.2 Å². The normalized spacial score (nSPS) is 21.6. The molecule has 0 saturated carbocycles. The Bertz CT molecular complexity index is 428. The molecule has 1 aliphatic rings. The Morgan fingerprint density at radius 3 is 2.63 bits per heavy atom. The van der Waals surface area contributed by atoms with Crippen molar-refractivity contribution in [3.8, 4) is 0 Å². The summed E-state index contributed by atoms with van der Waals surface area (Å²) in [5.74, 6) is -2.03. The molecule has 1 aliphatic heterocycles. The van der Waals surface area contributed by atoms with Gasteiger partial charge in [-0.3, -0.25) is 4.79 Å². The largest absolute Gasteiger partial charge is 0.480 e. The van der Waals surface area contributed by atoms with E-state index in [9.17, 15) is 18.0 Å². The van der Waals surface area contributed by atoms with Crippen molar-refractivity contribution in [3.63, 3.8) is 0 Å². The number of hydrogen-bond donors (Lipinski definition) is 3. The minimum atomic E-state index is -3.24. The highest BCUT2D eigenvalue weighted by molar-refractivity contribution is 7.90. The predicted octanol–water partition coefficient (Wildman–Crippen LogP) is -1.01. The van der Waals surface area contributed by atoms with E-state index in [1.807, 2.05) is 0 Å². The summed E-state index contributed by atoms with van der Waals surface area (Å²) in [6.45, 7) is 1.39. The Kier molecular flexibility index (Phi) is 5.74. The smallest absolute Gasteiger partial charge is 0.326 e. The summed E-state index contributed by atoms with van der Waals surface area (Å²) in [5.41, 5.74) is 0. The third kappa shape index (κ3) is 6.02. The maximum atomic E-state index is 11.9. The SMILES string of the molecule is CS(=O)(=O)CCC(NC(=O)[C@H]1CCCNC1)C(=O)O. The van der Waals surface area contributed by atoms with Gasteiger partial charge in [0.15, 0.2) is 0 Å². The fraction of sp³-hybridized carbons (Fsp3) is 0.818. The van der Waals surface area contributed by atoms with Gasteiger partial charge in [-0.1, -0.05) is 0 Å². The molecule has 0 spiro atoms. The minimum absolute atomic E-state index is 0.111. The Hall–Kier alpha value is -1.15. The molecule has 110 valence electrons. The van der Waals surface area contributed by atoms with E-state index in [1.54, 1.807) is 0 Å².